The van der Waals surface area contributed by atoms with Crippen LogP contribution >= 0.6 is 0 Å². The van der Waals surface area contributed by atoms with Gasteiger partial charge in [-0.05, 0) is 12.1 Å². The van der Waals surface area contributed by atoms with E-state index in [2.05, 4.69) is 5.32 Å². The van der Waals surface area contributed by atoms with Gasteiger partial charge in [0.25, 0.3) is 0 Å². The van der Waals surface area contributed by atoms with Crippen molar-refractivity contribution in [2.45, 2.75) is 6.03 Å². The fourth-order valence-corrected chi connectivity index (χ4v) is 1.05. The SMILES string of the molecule is NC1(O)Nc2ccccc2O1. The van der Waals surface area contributed by atoms with Gasteiger partial charge in [0.1, 0.15) is 5.75 Å². The molecule has 0 radical (unpaired) electrons. The molecule has 0 saturated heterocycles. The number of rotatable bonds is 0. The standard InChI is InChI=1S/C7H8N2O2/c8-7(10)9-5-3-1-2-4-6(5)11-7/h1-4,9-10H,8H2. The Morgan fingerprint density at radius 3 is 2.91 bits per heavy atom. The van der Waals surface area contributed by atoms with Gasteiger partial charge in [-0.2, -0.15) is 0 Å². The van der Waals surface area contributed by atoms with Crippen LogP contribution in [0.1, 0.15) is 0 Å². The van der Waals surface area contributed by atoms with E-state index < -0.39 is 6.03 Å². The molecule has 0 aromatic heterocycles. The molecule has 58 valence electrons. The Morgan fingerprint density at radius 2 is 2.18 bits per heavy atom. The highest BCUT2D eigenvalue weighted by atomic mass is 16.7. The van der Waals surface area contributed by atoms with E-state index in [0.29, 0.717) is 11.4 Å². The van der Waals surface area contributed by atoms with E-state index in [0.717, 1.165) is 0 Å². The monoisotopic (exact) mass is 152 g/mol. The quantitative estimate of drug-likeness (QED) is 0.459. The Balaban J connectivity index is 2.41. The fraction of sp³-hybridized carbons (Fsp3) is 0.143. The molecular formula is C7H8N2O2. The highest BCUT2D eigenvalue weighted by molar-refractivity contribution is 5.60. The number of benzene rings is 1. The second-order valence-electron chi connectivity index (χ2n) is 2.42. The minimum absolute atomic E-state index is 0.567. The lowest BCUT2D eigenvalue weighted by molar-refractivity contribution is -0.0945. The third-order valence-electron chi connectivity index (χ3n) is 1.47. The number of hydrogen-bond acceptors (Lipinski definition) is 4. The van der Waals surface area contributed by atoms with Crippen LogP contribution in [0.5, 0.6) is 5.75 Å². The summed E-state index contributed by atoms with van der Waals surface area (Å²) >= 11 is 0. The molecular weight excluding hydrogens is 144 g/mol. The van der Waals surface area contributed by atoms with Gasteiger partial charge in [-0.15, -0.1) is 0 Å². The van der Waals surface area contributed by atoms with Gasteiger partial charge in [-0.3, -0.25) is 0 Å². The summed E-state index contributed by atoms with van der Waals surface area (Å²) in [7, 11) is 0. The van der Waals surface area contributed by atoms with Crippen LogP contribution in [0, 0.1) is 0 Å². The Kier molecular flexibility index (Phi) is 1.10. The summed E-state index contributed by atoms with van der Waals surface area (Å²) in [6, 6.07) is 5.40. The third kappa shape index (κ3) is 1.02. The van der Waals surface area contributed by atoms with Crippen LogP contribution < -0.4 is 15.8 Å². The Bertz CT molecular complexity index is 259. The van der Waals surface area contributed by atoms with Gasteiger partial charge < -0.3 is 15.2 Å². The van der Waals surface area contributed by atoms with Crippen molar-refractivity contribution in [3.63, 3.8) is 0 Å². The average molecular weight is 152 g/mol. The molecule has 2 rings (SSSR count). The van der Waals surface area contributed by atoms with Crippen molar-refractivity contribution in [1.29, 1.82) is 0 Å². The average Bonchev–Trinajstić information content (AvgIpc) is 2.21. The van der Waals surface area contributed by atoms with Crippen LogP contribution in [-0.4, -0.2) is 11.1 Å². The molecule has 4 nitrogen and oxygen atoms in total. The second-order valence-corrected chi connectivity index (χ2v) is 2.42. The smallest absolute Gasteiger partial charge is 0.354 e. The number of ether oxygens (including phenoxy) is 1. The molecule has 1 aliphatic rings. The van der Waals surface area contributed by atoms with Crippen LogP contribution in [0.15, 0.2) is 24.3 Å². The molecule has 1 unspecified atom stereocenters. The van der Waals surface area contributed by atoms with E-state index in [1.807, 2.05) is 12.1 Å². The minimum atomic E-state index is -1.75. The van der Waals surface area contributed by atoms with Crippen molar-refractivity contribution in [1.82, 2.24) is 0 Å². The predicted octanol–water partition coefficient (Wildman–Crippen LogP) is 0.0532. The number of hydrogen-bond donors (Lipinski definition) is 3. The van der Waals surface area contributed by atoms with Crippen molar-refractivity contribution < 1.29 is 9.84 Å². The van der Waals surface area contributed by atoms with Gasteiger partial charge in [-0.1, -0.05) is 12.1 Å². The van der Waals surface area contributed by atoms with Gasteiger partial charge in [0, 0.05) is 0 Å². The highest BCUT2D eigenvalue weighted by Crippen LogP contribution is 2.32. The lowest BCUT2D eigenvalue weighted by atomic mass is 10.3. The molecule has 11 heavy (non-hydrogen) atoms. The molecule has 0 aliphatic carbocycles. The normalized spacial score (nSPS) is 27.1. The number of nitrogens with one attached hydrogen (secondary N) is 1. The first-order chi connectivity index (χ1) is 5.17. The molecule has 0 bridgehead atoms. The van der Waals surface area contributed by atoms with Gasteiger partial charge in [-0.25, -0.2) is 5.73 Å². The van der Waals surface area contributed by atoms with Crippen molar-refractivity contribution in [2.24, 2.45) is 5.73 Å². The van der Waals surface area contributed by atoms with E-state index in [1.54, 1.807) is 12.1 Å². The maximum absolute atomic E-state index is 9.16. The summed E-state index contributed by atoms with van der Waals surface area (Å²) < 4.78 is 4.92. The first-order valence-corrected chi connectivity index (χ1v) is 3.25. The van der Waals surface area contributed by atoms with E-state index in [1.165, 1.54) is 0 Å². The van der Waals surface area contributed by atoms with Gasteiger partial charge >= 0.3 is 6.03 Å². The lowest BCUT2D eigenvalue weighted by Crippen LogP contribution is -2.49. The number of aliphatic hydroxyl groups is 1. The molecule has 4 N–H and O–H groups in total. The van der Waals surface area contributed by atoms with Crippen LogP contribution in [0.4, 0.5) is 5.69 Å². The maximum atomic E-state index is 9.16. The molecule has 1 aromatic rings. The topological polar surface area (TPSA) is 67.5 Å². The molecule has 0 amide bonds. The summed E-state index contributed by atoms with van der Waals surface area (Å²) in [5.41, 5.74) is 5.96. The Morgan fingerprint density at radius 1 is 1.45 bits per heavy atom. The van der Waals surface area contributed by atoms with Gasteiger partial charge in [0.05, 0.1) is 5.69 Å². The number of para-hydroxylation sites is 2. The molecule has 0 fully saturated rings. The largest absolute Gasteiger partial charge is 0.430 e. The third-order valence-corrected chi connectivity index (χ3v) is 1.47. The molecule has 1 atom stereocenters. The van der Waals surface area contributed by atoms with Gasteiger partial charge in [0.15, 0.2) is 0 Å². The maximum Gasteiger partial charge on any atom is 0.354 e. The van der Waals surface area contributed by atoms with E-state index in [4.69, 9.17) is 15.6 Å². The van der Waals surface area contributed by atoms with Crippen molar-refractivity contribution in [3.8, 4) is 5.75 Å². The minimum Gasteiger partial charge on any atom is -0.430 e. The molecule has 1 aliphatic heterocycles. The summed E-state index contributed by atoms with van der Waals surface area (Å²) in [6.07, 6.45) is 0. The summed E-state index contributed by atoms with van der Waals surface area (Å²) in [5, 5.41) is 11.7. The number of fused-ring (bicyclic) bond motifs is 1. The molecule has 0 spiro atoms. The second kappa shape index (κ2) is 1.87. The Labute approximate surface area is 63.6 Å². The van der Waals surface area contributed by atoms with E-state index in [-0.39, 0.29) is 0 Å². The summed E-state index contributed by atoms with van der Waals surface area (Å²) in [4.78, 5) is 0. The van der Waals surface area contributed by atoms with Crippen molar-refractivity contribution in [3.05, 3.63) is 24.3 Å². The zero-order valence-electron chi connectivity index (χ0n) is 5.74. The number of nitrogens with two attached hydrogens (primary N) is 1. The molecule has 1 heterocycles. The zero-order valence-corrected chi connectivity index (χ0v) is 5.74. The predicted molar refractivity (Wildman–Crippen MR) is 39.8 cm³/mol. The zero-order chi connectivity index (χ0) is 7.90. The first-order valence-electron chi connectivity index (χ1n) is 3.25. The van der Waals surface area contributed by atoms with Crippen LogP contribution in [0.2, 0.25) is 0 Å². The molecule has 1 aromatic carbocycles. The highest BCUT2D eigenvalue weighted by Gasteiger charge is 2.31. The van der Waals surface area contributed by atoms with Crippen LogP contribution in [0.25, 0.3) is 0 Å². The van der Waals surface area contributed by atoms with E-state index in [9.17, 15) is 0 Å². The Hall–Kier alpha value is -1.26. The van der Waals surface area contributed by atoms with Crippen molar-refractivity contribution >= 4 is 5.69 Å². The van der Waals surface area contributed by atoms with Crippen LogP contribution in [-0.2, 0) is 0 Å². The summed E-state index contributed by atoms with van der Waals surface area (Å²) in [6.45, 7) is 0. The van der Waals surface area contributed by atoms with E-state index >= 15 is 0 Å². The fourth-order valence-electron chi connectivity index (χ4n) is 1.05. The van der Waals surface area contributed by atoms with Crippen molar-refractivity contribution in [2.75, 3.05) is 5.32 Å². The molecule has 0 saturated carbocycles. The number of anilines is 1. The first kappa shape index (κ1) is 6.45. The molecule has 4 heteroatoms. The summed E-state index contributed by atoms with van der Waals surface area (Å²) in [5.74, 6) is 0.567. The van der Waals surface area contributed by atoms with Gasteiger partial charge in [0.2, 0.25) is 0 Å². The lowest BCUT2D eigenvalue weighted by Gasteiger charge is -2.14. The van der Waals surface area contributed by atoms with Crippen LogP contribution in [0.3, 0.4) is 0 Å².